The zero-order chi connectivity index (χ0) is 12.3. The number of pyridine rings is 1. The SMILES string of the molecule is Cc1cnc(C(O)Cc2ccc(Br)cn2)nc1. The van der Waals surface area contributed by atoms with E-state index in [0.29, 0.717) is 12.2 Å². The molecular weight excluding hydrogens is 282 g/mol. The van der Waals surface area contributed by atoms with E-state index in [1.54, 1.807) is 18.6 Å². The number of hydrogen-bond acceptors (Lipinski definition) is 4. The Bertz CT molecular complexity index is 484. The lowest BCUT2D eigenvalue weighted by atomic mass is 10.1. The molecule has 0 amide bonds. The molecule has 1 unspecified atom stereocenters. The second-order valence-corrected chi connectivity index (χ2v) is 4.72. The van der Waals surface area contributed by atoms with Gasteiger partial charge in [0.05, 0.1) is 0 Å². The monoisotopic (exact) mass is 293 g/mol. The van der Waals surface area contributed by atoms with E-state index < -0.39 is 6.10 Å². The summed E-state index contributed by atoms with van der Waals surface area (Å²) in [6.45, 7) is 1.91. The van der Waals surface area contributed by atoms with Crippen LogP contribution in [-0.4, -0.2) is 20.1 Å². The zero-order valence-electron chi connectivity index (χ0n) is 9.34. The van der Waals surface area contributed by atoms with Crippen LogP contribution in [0, 0.1) is 6.92 Å². The van der Waals surface area contributed by atoms with Gasteiger partial charge in [-0.3, -0.25) is 4.98 Å². The number of aliphatic hydroxyl groups is 1. The lowest BCUT2D eigenvalue weighted by molar-refractivity contribution is 0.167. The summed E-state index contributed by atoms with van der Waals surface area (Å²) in [5, 5.41) is 9.96. The fourth-order valence-electron chi connectivity index (χ4n) is 1.39. The molecule has 17 heavy (non-hydrogen) atoms. The lowest BCUT2D eigenvalue weighted by Crippen LogP contribution is -2.07. The molecule has 2 rings (SSSR count). The fraction of sp³-hybridized carbons (Fsp3) is 0.250. The van der Waals surface area contributed by atoms with Crippen molar-refractivity contribution in [1.82, 2.24) is 15.0 Å². The highest BCUT2D eigenvalue weighted by atomic mass is 79.9. The van der Waals surface area contributed by atoms with E-state index in [0.717, 1.165) is 15.7 Å². The molecule has 0 saturated carbocycles. The number of hydrogen-bond donors (Lipinski definition) is 1. The Morgan fingerprint density at radius 3 is 2.47 bits per heavy atom. The predicted octanol–water partition coefficient (Wildman–Crippen LogP) is 2.22. The van der Waals surface area contributed by atoms with Crippen LogP contribution < -0.4 is 0 Å². The van der Waals surface area contributed by atoms with E-state index in [4.69, 9.17) is 0 Å². The molecular formula is C12H12BrN3O. The number of aliphatic hydroxyl groups excluding tert-OH is 1. The molecule has 1 atom stereocenters. The molecule has 88 valence electrons. The van der Waals surface area contributed by atoms with Crippen molar-refractivity contribution in [3.63, 3.8) is 0 Å². The van der Waals surface area contributed by atoms with Crippen LogP contribution in [0.5, 0.6) is 0 Å². The highest BCUT2D eigenvalue weighted by Gasteiger charge is 2.11. The minimum absolute atomic E-state index is 0.413. The van der Waals surface area contributed by atoms with E-state index in [2.05, 4.69) is 30.9 Å². The second kappa shape index (κ2) is 5.33. The Labute approximate surface area is 108 Å². The second-order valence-electron chi connectivity index (χ2n) is 3.81. The Kier molecular flexibility index (Phi) is 3.81. The molecule has 2 aromatic heterocycles. The van der Waals surface area contributed by atoms with Gasteiger partial charge in [-0.15, -0.1) is 0 Å². The number of aromatic nitrogens is 3. The molecule has 1 N–H and O–H groups in total. The van der Waals surface area contributed by atoms with Crippen LogP contribution in [0.25, 0.3) is 0 Å². The number of rotatable bonds is 3. The summed E-state index contributed by atoms with van der Waals surface area (Å²) in [5.74, 6) is 0.431. The largest absolute Gasteiger partial charge is 0.385 e. The molecule has 2 heterocycles. The summed E-state index contributed by atoms with van der Waals surface area (Å²) < 4.78 is 0.919. The third kappa shape index (κ3) is 3.31. The maximum Gasteiger partial charge on any atom is 0.157 e. The highest BCUT2D eigenvalue weighted by molar-refractivity contribution is 9.10. The molecule has 0 spiro atoms. The van der Waals surface area contributed by atoms with Gasteiger partial charge >= 0.3 is 0 Å². The fourth-order valence-corrected chi connectivity index (χ4v) is 1.63. The predicted molar refractivity (Wildman–Crippen MR) is 67.4 cm³/mol. The summed E-state index contributed by atoms with van der Waals surface area (Å²) in [6, 6.07) is 3.76. The van der Waals surface area contributed by atoms with Gasteiger partial charge in [-0.2, -0.15) is 0 Å². The Morgan fingerprint density at radius 2 is 1.88 bits per heavy atom. The summed E-state index contributed by atoms with van der Waals surface area (Å²) in [6.07, 6.45) is 4.79. The van der Waals surface area contributed by atoms with Gasteiger partial charge in [0.1, 0.15) is 6.10 Å². The van der Waals surface area contributed by atoms with Gasteiger partial charge in [0.15, 0.2) is 5.82 Å². The minimum atomic E-state index is -0.718. The lowest BCUT2D eigenvalue weighted by Gasteiger charge is -2.08. The summed E-state index contributed by atoms with van der Waals surface area (Å²) in [5.41, 5.74) is 1.78. The minimum Gasteiger partial charge on any atom is -0.385 e. The molecule has 0 radical (unpaired) electrons. The third-order valence-corrected chi connectivity index (χ3v) is 2.76. The van der Waals surface area contributed by atoms with Crippen LogP contribution in [-0.2, 0) is 6.42 Å². The summed E-state index contributed by atoms with van der Waals surface area (Å²) >= 11 is 3.31. The van der Waals surface area contributed by atoms with Crippen molar-refractivity contribution >= 4 is 15.9 Å². The molecule has 0 aromatic carbocycles. The first-order chi connectivity index (χ1) is 8.15. The van der Waals surface area contributed by atoms with E-state index >= 15 is 0 Å². The molecule has 2 aromatic rings. The molecule has 0 aliphatic rings. The Balaban J connectivity index is 2.08. The van der Waals surface area contributed by atoms with Crippen molar-refractivity contribution in [3.8, 4) is 0 Å². The van der Waals surface area contributed by atoms with Crippen LogP contribution in [0.1, 0.15) is 23.2 Å². The first kappa shape index (κ1) is 12.1. The number of nitrogens with zero attached hydrogens (tertiary/aromatic N) is 3. The molecule has 5 heteroatoms. The van der Waals surface area contributed by atoms with E-state index in [-0.39, 0.29) is 0 Å². The maximum absolute atomic E-state index is 9.96. The van der Waals surface area contributed by atoms with Gasteiger partial charge < -0.3 is 5.11 Å². The summed E-state index contributed by atoms with van der Waals surface area (Å²) in [4.78, 5) is 12.4. The molecule has 4 nitrogen and oxygen atoms in total. The van der Waals surface area contributed by atoms with Crippen LogP contribution >= 0.6 is 15.9 Å². The van der Waals surface area contributed by atoms with Crippen molar-refractivity contribution in [2.45, 2.75) is 19.4 Å². The normalized spacial score (nSPS) is 12.4. The molecule has 0 bridgehead atoms. The van der Waals surface area contributed by atoms with Gasteiger partial charge in [-0.05, 0) is 40.5 Å². The van der Waals surface area contributed by atoms with Crippen LogP contribution in [0.15, 0.2) is 35.2 Å². The smallest absolute Gasteiger partial charge is 0.157 e. The first-order valence-corrected chi connectivity index (χ1v) is 6.01. The van der Waals surface area contributed by atoms with E-state index in [1.165, 1.54) is 0 Å². The van der Waals surface area contributed by atoms with Crippen LogP contribution in [0.3, 0.4) is 0 Å². The van der Waals surface area contributed by atoms with Crippen LogP contribution in [0.4, 0.5) is 0 Å². The van der Waals surface area contributed by atoms with Crippen LogP contribution in [0.2, 0.25) is 0 Å². The van der Waals surface area contributed by atoms with Crippen molar-refractivity contribution in [2.24, 2.45) is 0 Å². The quantitative estimate of drug-likeness (QED) is 0.943. The molecule has 0 saturated heterocycles. The van der Waals surface area contributed by atoms with Crippen molar-refractivity contribution in [1.29, 1.82) is 0 Å². The number of aryl methyl sites for hydroxylation is 1. The average Bonchev–Trinajstić information content (AvgIpc) is 2.33. The topological polar surface area (TPSA) is 58.9 Å². The average molecular weight is 294 g/mol. The zero-order valence-corrected chi connectivity index (χ0v) is 10.9. The maximum atomic E-state index is 9.96. The number of halogens is 1. The standard InChI is InChI=1S/C12H12BrN3O/c1-8-5-15-12(16-6-8)11(17)4-10-3-2-9(13)7-14-10/h2-3,5-7,11,17H,4H2,1H3. The third-order valence-electron chi connectivity index (χ3n) is 2.29. The van der Waals surface area contributed by atoms with Gasteiger partial charge in [0, 0.05) is 35.2 Å². The van der Waals surface area contributed by atoms with Gasteiger partial charge in [0.2, 0.25) is 0 Å². The van der Waals surface area contributed by atoms with Gasteiger partial charge in [0.25, 0.3) is 0 Å². The van der Waals surface area contributed by atoms with Gasteiger partial charge in [-0.1, -0.05) is 0 Å². The molecule has 0 aliphatic heterocycles. The first-order valence-electron chi connectivity index (χ1n) is 5.22. The van der Waals surface area contributed by atoms with Crippen molar-refractivity contribution in [2.75, 3.05) is 0 Å². The van der Waals surface area contributed by atoms with Crippen molar-refractivity contribution in [3.05, 3.63) is 52.3 Å². The molecule has 0 fully saturated rings. The highest BCUT2D eigenvalue weighted by Crippen LogP contribution is 2.15. The Hall–Kier alpha value is -1.33. The van der Waals surface area contributed by atoms with Gasteiger partial charge in [-0.25, -0.2) is 9.97 Å². The van der Waals surface area contributed by atoms with E-state index in [9.17, 15) is 5.11 Å². The van der Waals surface area contributed by atoms with E-state index in [1.807, 2.05) is 19.1 Å². The van der Waals surface area contributed by atoms with Crippen molar-refractivity contribution < 1.29 is 5.11 Å². The summed E-state index contributed by atoms with van der Waals surface area (Å²) in [7, 11) is 0. The Morgan fingerprint density at radius 1 is 1.18 bits per heavy atom. The molecule has 0 aliphatic carbocycles.